The Kier molecular flexibility index (Phi) is 4.42. The van der Waals surface area contributed by atoms with Gasteiger partial charge in [-0.3, -0.25) is 0 Å². The summed E-state index contributed by atoms with van der Waals surface area (Å²) in [4.78, 5) is 0. The summed E-state index contributed by atoms with van der Waals surface area (Å²) in [5.41, 5.74) is 1.52. The van der Waals surface area contributed by atoms with Crippen molar-refractivity contribution in [2.45, 2.75) is 6.92 Å². The van der Waals surface area contributed by atoms with Gasteiger partial charge in [0.1, 0.15) is 5.75 Å². The molecule has 23 heavy (non-hydrogen) atoms. The van der Waals surface area contributed by atoms with Crippen LogP contribution in [-0.4, -0.2) is 24.0 Å². The number of ether oxygens (including phenoxy) is 2. The molecule has 0 N–H and O–H groups in total. The topological polar surface area (TPSA) is 70.5 Å². The minimum atomic E-state index is 0.533. The number of nitrogens with zero attached hydrogens (tertiary/aromatic N) is 2. The molecule has 0 spiro atoms. The van der Waals surface area contributed by atoms with Crippen LogP contribution in [-0.2, 0) is 0 Å². The fraction of sp³-hybridized carbons (Fsp3) is 0.176. The summed E-state index contributed by atoms with van der Waals surface area (Å²) in [5, 5.41) is 9.36. The van der Waals surface area contributed by atoms with Crippen molar-refractivity contribution in [2.24, 2.45) is 0 Å². The van der Waals surface area contributed by atoms with Crippen LogP contribution >= 0.6 is 0 Å². The molecule has 0 unspecified atom stereocenters. The van der Waals surface area contributed by atoms with Crippen LogP contribution in [0.5, 0.6) is 11.6 Å². The van der Waals surface area contributed by atoms with Gasteiger partial charge in [-0.25, -0.2) is 0 Å². The third-order valence-electron chi connectivity index (χ3n) is 3.19. The van der Waals surface area contributed by atoms with Gasteiger partial charge in [-0.1, -0.05) is 17.3 Å². The molecule has 4 aromatic rings. The first-order valence-electron chi connectivity index (χ1n) is 7.17. The number of rotatable bonds is 3. The van der Waals surface area contributed by atoms with Crippen LogP contribution < -0.4 is 9.47 Å². The van der Waals surface area contributed by atoms with Crippen LogP contribution in [0.25, 0.3) is 21.9 Å². The number of benzene rings is 2. The fourth-order valence-electron chi connectivity index (χ4n) is 2.07. The molecule has 2 aromatic heterocycles. The number of hydrogen-bond acceptors (Lipinski definition) is 6. The first-order valence-corrected chi connectivity index (χ1v) is 7.17. The average Bonchev–Trinajstić information content (AvgIpc) is 3.22. The van der Waals surface area contributed by atoms with Gasteiger partial charge in [0.25, 0.3) is 5.88 Å². The normalized spacial score (nSPS) is 10.3. The highest BCUT2D eigenvalue weighted by molar-refractivity contribution is 5.83. The molecule has 0 atom stereocenters. The van der Waals surface area contributed by atoms with E-state index in [0.29, 0.717) is 18.1 Å². The molecule has 0 bridgehead atoms. The lowest BCUT2D eigenvalue weighted by Gasteiger charge is -1.98. The number of methoxy groups -OCH3 is 1. The number of fused-ring (bicyclic) bond motifs is 2. The Labute approximate surface area is 132 Å². The highest BCUT2D eigenvalue weighted by Gasteiger charge is 2.09. The summed E-state index contributed by atoms with van der Waals surface area (Å²) >= 11 is 0. The Bertz CT molecular complexity index is 868. The van der Waals surface area contributed by atoms with Gasteiger partial charge >= 0.3 is 0 Å². The van der Waals surface area contributed by atoms with Crippen molar-refractivity contribution in [2.75, 3.05) is 13.7 Å². The van der Waals surface area contributed by atoms with Crippen LogP contribution in [0.3, 0.4) is 0 Å². The maximum absolute atomic E-state index is 5.29. The zero-order valence-electron chi connectivity index (χ0n) is 12.9. The van der Waals surface area contributed by atoms with E-state index in [2.05, 4.69) is 10.3 Å². The molecule has 4 rings (SSSR count). The SMILES string of the molecule is CCOc1noc2cc(OC)ccc12.c1ccc2oncc2c1. The maximum atomic E-state index is 5.29. The van der Waals surface area contributed by atoms with Crippen LogP contribution in [0.4, 0.5) is 0 Å². The van der Waals surface area contributed by atoms with Crippen LogP contribution in [0, 0.1) is 0 Å². The highest BCUT2D eigenvalue weighted by Crippen LogP contribution is 2.27. The van der Waals surface area contributed by atoms with Gasteiger partial charge in [-0.2, -0.15) is 0 Å². The third kappa shape index (κ3) is 3.26. The Morgan fingerprint density at radius 2 is 1.91 bits per heavy atom. The molecular formula is C17H16N2O4. The Hall–Kier alpha value is -3.02. The molecule has 2 aromatic carbocycles. The quantitative estimate of drug-likeness (QED) is 0.568. The minimum absolute atomic E-state index is 0.533. The predicted octanol–water partition coefficient (Wildman–Crippen LogP) is 4.06. The molecule has 0 saturated carbocycles. The summed E-state index contributed by atoms with van der Waals surface area (Å²) in [7, 11) is 1.61. The second-order valence-electron chi connectivity index (χ2n) is 4.65. The Morgan fingerprint density at radius 3 is 2.70 bits per heavy atom. The van der Waals surface area contributed by atoms with E-state index in [-0.39, 0.29) is 0 Å². The van der Waals surface area contributed by atoms with Crippen molar-refractivity contribution in [1.82, 2.24) is 10.3 Å². The lowest BCUT2D eigenvalue weighted by molar-refractivity contribution is 0.301. The van der Waals surface area contributed by atoms with E-state index in [1.54, 1.807) is 19.4 Å². The van der Waals surface area contributed by atoms with Crippen molar-refractivity contribution in [3.63, 3.8) is 0 Å². The van der Waals surface area contributed by atoms with Gasteiger partial charge in [0, 0.05) is 11.5 Å². The van der Waals surface area contributed by atoms with E-state index in [0.717, 1.165) is 22.1 Å². The Morgan fingerprint density at radius 1 is 1.04 bits per heavy atom. The first-order chi connectivity index (χ1) is 11.3. The zero-order valence-corrected chi connectivity index (χ0v) is 12.9. The molecule has 0 aliphatic rings. The van der Waals surface area contributed by atoms with Crippen molar-refractivity contribution in [3.8, 4) is 11.6 Å². The fourth-order valence-corrected chi connectivity index (χ4v) is 2.07. The number of para-hydroxylation sites is 1. The summed E-state index contributed by atoms with van der Waals surface area (Å²) in [6, 6.07) is 13.2. The molecule has 0 aliphatic carbocycles. The highest BCUT2D eigenvalue weighted by atomic mass is 16.5. The molecule has 0 saturated heterocycles. The van der Waals surface area contributed by atoms with E-state index in [1.165, 1.54) is 0 Å². The maximum Gasteiger partial charge on any atom is 0.262 e. The van der Waals surface area contributed by atoms with Gasteiger partial charge in [0.2, 0.25) is 0 Å². The van der Waals surface area contributed by atoms with E-state index in [4.69, 9.17) is 18.5 Å². The summed E-state index contributed by atoms with van der Waals surface area (Å²) in [5.74, 6) is 1.28. The van der Waals surface area contributed by atoms with E-state index in [1.807, 2.05) is 43.3 Å². The average molecular weight is 312 g/mol. The molecule has 6 heteroatoms. The molecule has 118 valence electrons. The smallest absolute Gasteiger partial charge is 0.262 e. The molecule has 0 fully saturated rings. The van der Waals surface area contributed by atoms with Crippen molar-refractivity contribution < 1.29 is 18.5 Å². The number of hydrogen-bond donors (Lipinski definition) is 0. The Balaban J connectivity index is 0.000000149. The van der Waals surface area contributed by atoms with Crippen LogP contribution in [0.2, 0.25) is 0 Å². The molecule has 6 nitrogen and oxygen atoms in total. The van der Waals surface area contributed by atoms with Gasteiger partial charge in [0.15, 0.2) is 11.2 Å². The van der Waals surface area contributed by atoms with Gasteiger partial charge in [-0.05, 0) is 36.3 Å². The zero-order chi connectivity index (χ0) is 16.1. The minimum Gasteiger partial charge on any atom is -0.497 e. The second-order valence-corrected chi connectivity index (χ2v) is 4.65. The summed E-state index contributed by atoms with van der Waals surface area (Å²) in [6.07, 6.45) is 1.70. The van der Waals surface area contributed by atoms with Crippen LogP contribution in [0.15, 0.2) is 57.7 Å². The van der Waals surface area contributed by atoms with Gasteiger partial charge < -0.3 is 18.5 Å². The first kappa shape index (κ1) is 14.9. The summed E-state index contributed by atoms with van der Waals surface area (Å²) < 4.78 is 20.3. The monoisotopic (exact) mass is 312 g/mol. The second kappa shape index (κ2) is 6.83. The standard InChI is InChI=1S/C10H11NO3.C7H5NO/c1-3-13-10-8-5-4-7(12-2)6-9(8)14-11-10;1-2-4-7-6(3-1)5-8-9-7/h4-6H,3H2,1-2H3;1-5H. The van der Waals surface area contributed by atoms with Gasteiger partial charge in [-0.15, -0.1) is 0 Å². The molecule has 0 amide bonds. The molecule has 0 aliphatic heterocycles. The van der Waals surface area contributed by atoms with Crippen molar-refractivity contribution >= 4 is 21.9 Å². The third-order valence-corrected chi connectivity index (χ3v) is 3.19. The predicted molar refractivity (Wildman–Crippen MR) is 85.7 cm³/mol. The largest absolute Gasteiger partial charge is 0.497 e. The van der Waals surface area contributed by atoms with E-state index < -0.39 is 0 Å². The lowest BCUT2D eigenvalue weighted by Crippen LogP contribution is -1.91. The van der Waals surface area contributed by atoms with Crippen molar-refractivity contribution in [1.29, 1.82) is 0 Å². The number of aromatic nitrogens is 2. The lowest BCUT2D eigenvalue weighted by atomic mass is 10.2. The van der Waals surface area contributed by atoms with E-state index >= 15 is 0 Å². The van der Waals surface area contributed by atoms with E-state index in [9.17, 15) is 0 Å². The molecule has 0 radical (unpaired) electrons. The summed E-state index contributed by atoms with van der Waals surface area (Å²) in [6.45, 7) is 2.48. The van der Waals surface area contributed by atoms with Crippen LogP contribution in [0.1, 0.15) is 6.92 Å². The molecular weight excluding hydrogens is 296 g/mol. The van der Waals surface area contributed by atoms with Crippen molar-refractivity contribution in [3.05, 3.63) is 48.7 Å². The molecule has 2 heterocycles. The van der Waals surface area contributed by atoms with Gasteiger partial charge in [0.05, 0.1) is 25.3 Å².